The molecule has 0 unspecified atom stereocenters. The van der Waals surface area contributed by atoms with E-state index in [1.165, 1.54) is 24.9 Å². The molecule has 1 aliphatic carbocycles. The van der Waals surface area contributed by atoms with Gasteiger partial charge in [0.2, 0.25) is 0 Å². The lowest BCUT2D eigenvalue weighted by molar-refractivity contribution is 0.183. The minimum atomic E-state index is 0.463. The standard InChI is InChI=1S/C16H26N2O/c1-3-19-16-6-4-13(5-7-16)8-9-18(2)12-14-10-15(17)11-14/h4-7,14-15H,3,8-12,17H2,1-2H3. The fraction of sp³-hybridized carbons (Fsp3) is 0.625. The van der Waals surface area contributed by atoms with Crippen LogP contribution in [0.5, 0.6) is 5.75 Å². The van der Waals surface area contributed by atoms with Crippen LogP contribution in [-0.4, -0.2) is 37.7 Å². The third-order valence-electron chi connectivity index (χ3n) is 3.86. The Hall–Kier alpha value is -1.06. The largest absolute Gasteiger partial charge is 0.494 e. The Morgan fingerprint density at radius 2 is 1.95 bits per heavy atom. The molecule has 0 radical (unpaired) electrons. The molecule has 1 fully saturated rings. The van der Waals surface area contributed by atoms with Crippen molar-refractivity contribution < 1.29 is 4.74 Å². The summed E-state index contributed by atoms with van der Waals surface area (Å²) in [6.07, 6.45) is 3.50. The number of nitrogens with zero attached hydrogens (tertiary/aromatic N) is 1. The van der Waals surface area contributed by atoms with Crippen molar-refractivity contribution in [2.24, 2.45) is 11.7 Å². The van der Waals surface area contributed by atoms with E-state index in [0.717, 1.165) is 31.2 Å². The molecule has 3 heteroatoms. The van der Waals surface area contributed by atoms with E-state index < -0.39 is 0 Å². The summed E-state index contributed by atoms with van der Waals surface area (Å²) in [5.74, 6) is 1.78. The van der Waals surface area contributed by atoms with Crippen LogP contribution in [-0.2, 0) is 6.42 Å². The van der Waals surface area contributed by atoms with E-state index in [-0.39, 0.29) is 0 Å². The number of ether oxygens (including phenoxy) is 1. The first-order valence-corrected chi connectivity index (χ1v) is 7.33. The van der Waals surface area contributed by atoms with Gasteiger partial charge in [-0.3, -0.25) is 0 Å². The summed E-state index contributed by atoms with van der Waals surface area (Å²) in [6, 6.07) is 8.91. The van der Waals surface area contributed by atoms with Gasteiger partial charge in [0.25, 0.3) is 0 Å². The summed E-state index contributed by atoms with van der Waals surface area (Å²) in [7, 11) is 2.21. The molecule has 1 aliphatic rings. The highest BCUT2D eigenvalue weighted by molar-refractivity contribution is 5.27. The van der Waals surface area contributed by atoms with Crippen LogP contribution in [0.2, 0.25) is 0 Å². The highest BCUT2D eigenvalue weighted by Crippen LogP contribution is 2.26. The molecule has 19 heavy (non-hydrogen) atoms. The molecular weight excluding hydrogens is 236 g/mol. The Balaban J connectivity index is 1.69. The summed E-state index contributed by atoms with van der Waals surface area (Å²) >= 11 is 0. The maximum absolute atomic E-state index is 5.82. The summed E-state index contributed by atoms with van der Waals surface area (Å²) in [6.45, 7) is 5.03. The Bertz CT molecular complexity index is 371. The third-order valence-corrected chi connectivity index (χ3v) is 3.86. The van der Waals surface area contributed by atoms with Gasteiger partial charge in [0.05, 0.1) is 6.61 Å². The van der Waals surface area contributed by atoms with E-state index in [4.69, 9.17) is 10.5 Å². The van der Waals surface area contributed by atoms with Gasteiger partial charge in [-0.15, -0.1) is 0 Å². The fourth-order valence-corrected chi connectivity index (χ4v) is 2.71. The van der Waals surface area contributed by atoms with E-state index >= 15 is 0 Å². The molecule has 0 saturated heterocycles. The number of nitrogens with two attached hydrogens (primary N) is 1. The minimum absolute atomic E-state index is 0.463. The van der Waals surface area contributed by atoms with Gasteiger partial charge in [-0.05, 0) is 56.8 Å². The summed E-state index contributed by atoms with van der Waals surface area (Å²) in [5, 5.41) is 0. The van der Waals surface area contributed by atoms with Gasteiger partial charge in [-0.1, -0.05) is 12.1 Å². The topological polar surface area (TPSA) is 38.5 Å². The average Bonchev–Trinajstić information content (AvgIpc) is 2.36. The lowest BCUT2D eigenvalue weighted by atomic mass is 9.80. The van der Waals surface area contributed by atoms with Crippen molar-refractivity contribution in [1.82, 2.24) is 4.90 Å². The lowest BCUT2D eigenvalue weighted by Crippen LogP contribution is -2.42. The van der Waals surface area contributed by atoms with Crippen molar-refractivity contribution in [3.63, 3.8) is 0 Å². The number of hydrogen-bond acceptors (Lipinski definition) is 3. The zero-order valence-electron chi connectivity index (χ0n) is 12.1. The van der Waals surface area contributed by atoms with Crippen molar-refractivity contribution in [2.45, 2.75) is 32.2 Å². The maximum atomic E-state index is 5.82. The molecule has 3 nitrogen and oxygen atoms in total. The van der Waals surface area contributed by atoms with Gasteiger partial charge >= 0.3 is 0 Å². The maximum Gasteiger partial charge on any atom is 0.119 e. The molecule has 1 saturated carbocycles. The second-order valence-corrected chi connectivity index (χ2v) is 5.69. The van der Waals surface area contributed by atoms with Crippen LogP contribution < -0.4 is 10.5 Å². The summed E-state index contributed by atoms with van der Waals surface area (Å²) in [4.78, 5) is 2.42. The van der Waals surface area contributed by atoms with Crippen molar-refractivity contribution >= 4 is 0 Å². The number of hydrogen-bond donors (Lipinski definition) is 1. The normalized spacial score (nSPS) is 22.3. The van der Waals surface area contributed by atoms with Crippen LogP contribution in [0.4, 0.5) is 0 Å². The van der Waals surface area contributed by atoms with Crippen LogP contribution >= 0.6 is 0 Å². The molecule has 2 rings (SSSR count). The molecule has 0 spiro atoms. The molecule has 0 heterocycles. The predicted octanol–water partition coefficient (Wildman–Crippen LogP) is 2.30. The molecule has 1 aromatic carbocycles. The second-order valence-electron chi connectivity index (χ2n) is 5.69. The van der Waals surface area contributed by atoms with Crippen LogP contribution in [0.25, 0.3) is 0 Å². The fourth-order valence-electron chi connectivity index (χ4n) is 2.71. The molecule has 106 valence electrons. The van der Waals surface area contributed by atoms with Crippen LogP contribution in [0.3, 0.4) is 0 Å². The van der Waals surface area contributed by atoms with Crippen molar-refractivity contribution in [2.75, 3.05) is 26.7 Å². The molecule has 0 atom stereocenters. The van der Waals surface area contributed by atoms with Gasteiger partial charge in [0.1, 0.15) is 5.75 Å². The predicted molar refractivity (Wildman–Crippen MR) is 79.5 cm³/mol. The van der Waals surface area contributed by atoms with Crippen LogP contribution in [0.15, 0.2) is 24.3 Å². The highest BCUT2D eigenvalue weighted by Gasteiger charge is 2.26. The molecule has 0 bridgehead atoms. The lowest BCUT2D eigenvalue weighted by Gasteiger charge is -2.35. The van der Waals surface area contributed by atoms with Crippen LogP contribution in [0.1, 0.15) is 25.3 Å². The zero-order chi connectivity index (χ0) is 13.7. The quantitative estimate of drug-likeness (QED) is 0.819. The Morgan fingerprint density at radius 3 is 2.53 bits per heavy atom. The van der Waals surface area contributed by atoms with E-state index in [2.05, 4.69) is 36.2 Å². The van der Waals surface area contributed by atoms with E-state index in [0.29, 0.717) is 6.04 Å². The second kappa shape index (κ2) is 6.92. The average molecular weight is 262 g/mol. The Kier molecular flexibility index (Phi) is 5.23. The molecule has 2 N–H and O–H groups in total. The van der Waals surface area contributed by atoms with Crippen LogP contribution in [0, 0.1) is 5.92 Å². The third kappa shape index (κ3) is 4.51. The number of likely N-dealkylation sites (N-methyl/N-ethyl adjacent to an activating group) is 1. The summed E-state index contributed by atoms with van der Waals surface area (Å²) in [5.41, 5.74) is 7.19. The van der Waals surface area contributed by atoms with Crippen molar-refractivity contribution in [3.8, 4) is 5.75 Å². The Morgan fingerprint density at radius 1 is 1.26 bits per heavy atom. The van der Waals surface area contributed by atoms with Gasteiger partial charge in [0.15, 0.2) is 0 Å². The van der Waals surface area contributed by atoms with E-state index in [1.54, 1.807) is 0 Å². The molecule has 0 aliphatic heterocycles. The highest BCUT2D eigenvalue weighted by atomic mass is 16.5. The van der Waals surface area contributed by atoms with E-state index in [1.807, 2.05) is 6.92 Å². The van der Waals surface area contributed by atoms with E-state index in [9.17, 15) is 0 Å². The molecular formula is C16H26N2O. The first-order chi connectivity index (χ1) is 9.17. The smallest absolute Gasteiger partial charge is 0.119 e. The monoisotopic (exact) mass is 262 g/mol. The molecule has 0 aromatic heterocycles. The SMILES string of the molecule is CCOc1ccc(CCN(C)CC2CC(N)C2)cc1. The first-order valence-electron chi connectivity index (χ1n) is 7.33. The van der Waals surface area contributed by atoms with Gasteiger partial charge in [-0.25, -0.2) is 0 Å². The molecule has 0 amide bonds. The minimum Gasteiger partial charge on any atom is -0.494 e. The Labute approximate surface area is 116 Å². The number of rotatable bonds is 7. The van der Waals surface area contributed by atoms with Gasteiger partial charge in [0, 0.05) is 19.1 Å². The van der Waals surface area contributed by atoms with Crippen molar-refractivity contribution in [1.29, 1.82) is 0 Å². The number of benzene rings is 1. The van der Waals surface area contributed by atoms with Gasteiger partial charge in [-0.2, -0.15) is 0 Å². The van der Waals surface area contributed by atoms with Gasteiger partial charge < -0.3 is 15.4 Å². The first kappa shape index (κ1) is 14.4. The summed E-state index contributed by atoms with van der Waals surface area (Å²) < 4.78 is 5.45. The van der Waals surface area contributed by atoms with Crippen molar-refractivity contribution in [3.05, 3.63) is 29.8 Å². The molecule has 1 aromatic rings. The zero-order valence-corrected chi connectivity index (χ0v) is 12.1.